The molecule has 0 aliphatic heterocycles. The molecule has 0 aromatic heterocycles. The largest absolute Gasteiger partial charge is 0.494 e. The minimum atomic E-state index is 0.329. The second-order valence-corrected chi connectivity index (χ2v) is 7.40. The highest BCUT2D eigenvalue weighted by Crippen LogP contribution is 2.30. The molecular formula is C19H33NO. The van der Waals surface area contributed by atoms with Crippen molar-refractivity contribution in [3.63, 3.8) is 0 Å². The number of ether oxygens (including phenoxy) is 1. The number of hydrogen-bond acceptors (Lipinski definition) is 2. The van der Waals surface area contributed by atoms with E-state index in [1.165, 1.54) is 5.56 Å². The van der Waals surface area contributed by atoms with Crippen molar-refractivity contribution < 1.29 is 4.74 Å². The van der Waals surface area contributed by atoms with Crippen molar-refractivity contribution in [1.82, 2.24) is 4.90 Å². The Morgan fingerprint density at radius 2 is 1.81 bits per heavy atom. The zero-order valence-electron chi connectivity index (χ0n) is 14.9. The van der Waals surface area contributed by atoms with E-state index in [9.17, 15) is 0 Å². The summed E-state index contributed by atoms with van der Waals surface area (Å²) in [5, 5.41) is 0. The predicted octanol–water partition coefficient (Wildman–Crippen LogP) is 4.98. The number of rotatable bonds is 8. The smallest absolute Gasteiger partial charge is 0.119 e. The summed E-state index contributed by atoms with van der Waals surface area (Å²) < 4.78 is 5.96. The van der Waals surface area contributed by atoms with Gasteiger partial charge in [0.15, 0.2) is 0 Å². The van der Waals surface area contributed by atoms with Crippen LogP contribution < -0.4 is 4.74 Å². The van der Waals surface area contributed by atoms with Gasteiger partial charge in [0.1, 0.15) is 5.75 Å². The van der Waals surface area contributed by atoms with Gasteiger partial charge in [0.05, 0.1) is 6.61 Å². The van der Waals surface area contributed by atoms with Gasteiger partial charge in [-0.3, -0.25) is 4.90 Å². The maximum absolute atomic E-state index is 5.96. The first-order chi connectivity index (χ1) is 9.72. The Bertz CT molecular complexity index is 423. The molecule has 0 saturated heterocycles. The van der Waals surface area contributed by atoms with Crippen LogP contribution in [0.15, 0.2) is 24.3 Å². The van der Waals surface area contributed by atoms with E-state index in [4.69, 9.17) is 4.74 Å². The normalized spacial score (nSPS) is 12.5. The van der Waals surface area contributed by atoms with Crippen molar-refractivity contribution in [3.05, 3.63) is 29.8 Å². The minimum Gasteiger partial charge on any atom is -0.494 e. The first-order valence-electron chi connectivity index (χ1n) is 8.14. The molecular weight excluding hydrogens is 258 g/mol. The van der Waals surface area contributed by atoms with Crippen molar-refractivity contribution in [2.45, 2.75) is 60.5 Å². The Hall–Kier alpha value is -1.02. The van der Waals surface area contributed by atoms with Crippen LogP contribution >= 0.6 is 0 Å². The van der Waals surface area contributed by atoms with Gasteiger partial charge in [0, 0.05) is 12.6 Å². The second kappa shape index (κ2) is 7.84. The van der Waals surface area contributed by atoms with E-state index in [1.54, 1.807) is 0 Å². The fourth-order valence-corrected chi connectivity index (χ4v) is 1.92. The summed E-state index contributed by atoms with van der Waals surface area (Å²) in [7, 11) is 2.16. The van der Waals surface area contributed by atoms with E-state index in [1.807, 2.05) is 0 Å². The van der Waals surface area contributed by atoms with Crippen LogP contribution in [0.4, 0.5) is 0 Å². The number of benzene rings is 1. The Balaban J connectivity index is 2.53. The number of hydrogen-bond donors (Lipinski definition) is 0. The van der Waals surface area contributed by atoms with Gasteiger partial charge in [0.2, 0.25) is 0 Å². The fourth-order valence-electron chi connectivity index (χ4n) is 1.92. The molecule has 21 heavy (non-hydrogen) atoms. The van der Waals surface area contributed by atoms with Gasteiger partial charge in [-0.25, -0.2) is 0 Å². The molecule has 0 aliphatic carbocycles. The van der Waals surface area contributed by atoms with E-state index in [0.717, 1.165) is 25.3 Å². The van der Waals surface area contributed by atoms with Crippen LogP contribution in [-0.4, -0.2) is 24.6 Å². The van der Waals surface area contributed by atoms with Gasteiger partial charge in [-0.1, -0.05) is 39.8 Å². The molecule has 0 heterocycles. The lowest BCUT2D eigenvalue weighted by atomic mass is 9.79. The third-order valence-corrected chi connectivity index (χ3v) is 4.79. The standard InChI is InChI=1S/C19H33NO/c1-15(2)19(5,6)11-12-21-18-10-8-9-17(13-18)14-20(7)16(3)4/h8-10,13,15-16H,11-12,14H2,1-7H3. The molecule has 0 amide bonds. The zero-order valence-corrected chi connectivity index (χ0v) is 14.9. The molecule has 1 aromatic carbocycles. The summed E-state index contributed by atoms with van der Waals surface area (Å²) in [5.41, 5.74) is 1.64. The van der Waals surface area contributed by atoms with E-state index >= 15 is 0 Å². The third kappa shape index (κ3) is 6.09. The molecule has 0 atom stereocenters. The molecule has 0 unspecified atom stereocenters. The Kier molecular flexibility index (Phi) is 6.73. The number of nitrogens with zero attached hydrogens (tertiary/aromatic N) is 1. The topological polar surface area (TPSA) is 12.5 Å². The molecule has 0 fully saturated rings. The lowest BCUT2D eigenvalue weighted by Crippen LogP contribution is -2.25. The van der Waals surface area contributed by atoms with E-state index < -0.39 is 0 Å². The molecule has 0 saturated carbocycles. The maximum Gasteiger partial charge on any atom is 0.119 e. The van der Waals surface area contributed by atoms with Crippen molar-refractivity contribution in [2.24, 2.45) is 11.3 Å². The Morgan fingerprint density at radius 3 is 2.38 bits per heavy atom. The van der Waals surface area contributed by atoms with Gasteiger partial charge in [-0.05, 0) is 56.3 Å². The monoisotopic (exact) mass is 291 g/mol. The van der Waals surface area contributed by atoms with Crippen molar-refractivity contribution in [2.75, 3.05) is 13.7 Å². The van der Waals surface area contributed by atoms with Crippen LogP contribution in [0, 0.1) is 11.3 Å². The first-order valence-corrected chi connectivity index (χ1v) is 8.14. The van der Waals surface area contributed by atoms with Gasteiger partial charge in [-0.15, -0.1) is 0 Å². The van der Waals surface area contributed by atoms with Crippen molar-refractivity contribution in [1.29, 1.82) is 0 Å². The van der Waals surface area contributed by atoms with Crippen LogP contribution in [0.2, 0.25) is 0 Å². The van der Waals surface area contributed by atoms with Gasteiger partial charge < -0.3 is 4.74 Å². The quantitative estimate of drug-likeness (QED) is 0.670. The summed E-state index contributed by atoms with van der Waals surface area (Å²) >= 11 is 0. The van der Waals surface area contributed by atoms with Crippen molar-refractivity contribution in [3.8, 4) is 5.75 Å². The molecule has 2 nitrogen and oxygen atoms in total. The highest BCUT2D eigenvalue weighted by molar-refractivity contribution is 5.28. The van der Waals surface area contributed by atoms with E-state index in [0.29, 0.717) is 17.4 Å². The molecule has 1 aromatic rings. The average Bonchev–Trinajstić information content (AvgIpc) is 2.38. The molecule has 0 bridgehead atoms. The van der Waals surface area contributed by atoms with Crippen LogP contribution in [0.3, 0.4) is 0 Å². The Morgan fingerprint density at radius 1 is 1.14 bits per heavy atom. The van der Waals surface area contributed by atoms with E-state index in [-0.39, 0.29) is 0 Å². The molecule has 0 spiro atoms. The van der Waals surface area contributed by atoms with Crippen LogP contribution in [-0.2, 0) is 6.54 Å². The SMILES string of the molecule is CC(C)N(C)Cc1cccc(OCCC(C)(C)C(C)C)c1. The van der Waals surface area contributed by atoms with Gasteiger partial charge in [-0.2, -0.15) is 0 Å². The summed E-state index contributed by atoms with van der Waals surface area (Å²) in [6.07, 6.45) is 1.08. The lowest BCUT2D eigenvalue weighted by molar-refractivity contribution is 0.175. The molecule has 120 valence electrons. The minimum absolute atomic E-state index is 0.329. The van der Waals surface area contributed by atoms with Crippen LogP contribution in [0.5, 0.6) is 5.75 Å². The highest BCUT2D eigenvalue weighted by atomic mass is 16.5. The molecule has 1 rings (SSSR count). The lowest BCUT2D eigenvalue weighted by Gasteiger charge is -2.29. The van der Waals surface area contributed by atoms with Crippen molar-refractivity contribution >= 4 is 0 Å². The molecule has 0 N–H and O–H groups in total. The highest BCUT2D eigenvalue weighted by Gasteiger charge is 2.21. The van der Waals surface area contributed by atoms with Crippen LogP contribution in [0.1, 0.15) is 53.5 Å². The molecule has 2 heteroatoms. The molecule has 0 aliphatic rings. The fraction of sp³-hybridized carbons (Fsp3) is 0.684. The maximum atomic E-state index is 5.96. The first kappa shape index (κ1) is 18.0. The summed E-state index contributed by atoms with van der Waals surface area (Å²) in [6, 6.07) is 9.04. The predicted molar refractivity (Wildman–Crippen MR) is 91.8 cm³/mol. The average molecular weight is 291 g/mol. The zero-order chi connectivity index (χ0) is 16.0. The van der Waals surface area contributed by atoms with E-state index in [2.05, 4.69) is 77.8 Å². The summed E-state index contributed by atoms with van der Waals surface area (Å²) in [4.78, 5) is 2.33. The second-order valence-electron chi connectivity index (χ2n) is 7.40. The summed E-state index contributed by atoms with van der Waals surface area (Å²) in [5.74, 6) is 1.66. The van der Waals surface area contributed by atoms with Gasteiger partial charge >= 0.3 is 0 Å². The van der Waals surface area contributed by atoms with Crippen LogP contribution in [0.25, 0.3) is 0 Å². The summed E-state index contributed by atoms with van der Waals surface area (Å²) in [6.45, 7) is 15.4. The molecule has 0 radical (unpaired) electrons. The van der Waals surface area contributed by atoms with Gasteiger partial charge in [0.25, 0.3) is 0 Å². The third-order valence-electron chi connectivity index (χ3n) is 4.79. The Labute approximate surface area is 131 Å².